The molecule has 1 amide bonds. The van der Waals surface area contributed by atoms with Crippen molar-refractivity contribution >= 4 is 13.7 Å². The molecule has 3 unspecified atom stereocenters. The summed E-state index contributed by atoms with van der Waals surface area (Å²) >= 11 is 0. The van der Waals surface area contributed by atoms with E-state index in [-0.39, 0.29) is 19.1 Å². The average Bonchev–Trinajstić information content (AvgIpc) is 3.32. The molecule has 0 radical (unpaired) electrons. The Hall–Kier alpha value is -3.10. The Morgan fingerprint density at radius 2 is 0.871 bits per heavy atom. The second kappa shape index (κ2) is 50.8. The zero-order valence-electron chi connectivity index (χ0n) is 45.5. The molecule has 400 valence electrons. The third-order valence-corrected chi connectivity index (χ3v) is 12.6. The van der Waals surface area contributed by atoms with Gasteiger partial charge in [0, 0.05) is 6.42 Å². The zero-order valence-corrected chi connectivity index (χ0v) is 46.4. The van der Waals surface area contributed by atoms with Crippen LogP contribution in [0.25, 0.3) is 0 Å². The molecule has 0 aromatic carbocycles. The molecule has 0 aromatic heterocycles. The van der Waals surface area contributed by atoms with Crippen LogP contribution < -0.4 is 5.32 Å². The molecule has 8 nitrogen and oxygen atoms in total. The van der Waals surface area contributed by atoms with Gasteiger partial charge in [-0.25, -0.2) is 4.57 Å². The average molecular weight is 995 g/mol. The number of likely N-dealkylation sites (N-methyl/N-ethyl adjacent to an activating group) is 1. The van der Waals surface area contributed by atoms with Gasteiger partial charge in [-0.3, -0.25) is 13.8 Å². The van der Waals surface area contributed by atoms with Crippen molar-refractivity contribution in [3.05, 3.63) is 122 Å². The fourth-order valence-corrected chi connectivity index (χ4v) is 8.02. The molecule has 0 saturated carbocycles. The molecule has 9 heteroatoms. The van der Waals surface area contributed by atoms with Crippen molar-refractivity contribution in [2.75, 3.05) is 40.9 Å². The van der Waals surface area contributed by atoms with Crippen LogP contribution in [0, 0.1) is 0 Å². The van der Waals surface area contributed by atoms with E-state index in [0.29, 0.717) is 17.4 Å². The molecule has 0 spiro atoms. The first-order chi connectivity index (χ1) is 34.0. The van der Waals surface area contributed by atoms with Crippen LogP contribution in [0.3, 0.4) is 0 Å². The Labute approximate surface area is 431 Å². The summed E-state index contributed by atoms with van der Waals surface area (Å²) in [7, 11) is 1.53. The van der Waals surface area contributed by atoms with Crippen LogP contribution in [0.5, 0.6) is 0 Å². The van der Waals surface area contributed by atoms with Crippen LogP contribution in [0.15, 0.2) is 122 Å². The number of phosphoric acid groups is 1. The number of unbranched alkanes of at least 4 members (excludes halogenated alkanes) is 18. The van der Waals surface area contributed by atoms with Crippen molar-refractivity contribution < 1.29 is 32.9 Å². The number of nitrogens with one attached hydrogen (secondary N) is 1. The van der Waals surface area contributed by atoms with E-state index in [9.17, 15) is 19.4 Å². The number of aliphatic hydroxyl groups excluding tert-OH is 1. The first-order valence-electron chi connectivity index (χ1n) is 27.9. The van der Waals surface area contributed by atoms with Crippen LogP contribution >= 0.6 is 7.82 Å². The Kier molecular flexibility index (Phi) is 48.6. The van der Waals surface area contributed by atoms with Gasteiger partial charge < -0.3 is 19.8 Å². The van der Waals surface area contributed by atoms with Crippen molar-refractivity contribution in [3.63, 3.8) is 0 Å². The largest absolute Gasteiger partial charge is 0.472 e. The van der Waals surface area contributed by atoms with Gasteiger partial charge in [0.2, 0.25) is 5.91 Å². The zero-order chi connectivity index (χ0) is 51.3. The summed E-state index contributed by atoms with van der Waals surface area (Å²) in [5.74, 6) is -0.200. The Bertz CT molecular complexity index is 1550. The number of nitrogens with zero attached hydrogens (tertiary/aromatic N) is 1. The van der Waals surface area contributed by atoms with Crippen LogP contribution in [0.2, 0.25) is 0 Å². The lowest BCUT2D eigenvalue weighted by Crippen LogP contribution is -2.45. The minimum absolute atomic E-state index is 0.0471. The van der Waals surface area contributed by atoms with Gasteiger partial charge >= 0.3 is 7.82 Å². The molecule has 0 fully saturated rings. The lowest BCUT2D eigenvalue weighted by molar-refractivity contribution is -0.870. The Balaban J connectivity index is 4.21. The van der Waals surface area contributed by atoms with Crippen LogP contribution in [0.1, 0.15) is 206 Å². The highest BCUT2D eigenvalue weighted by Crippen LogP contribution is 2.43. The maximum Gasteiger partial charge on any atom is 0.472 e. The van der Waals surface area contributed by atoms with E-state index in [1.165, 1.54) is 96.3 Å². The summed E-state index contributed by atoms with van der Waals surface area (Å²) in [5.41, 5.74) is 0. The van der Waals surface area contributed by atoms with Gasteiger partial charge in [0.15, 0.2) is 0 Å². The maximum atomic E-state index is 13.0. The number of quaternary nitrogens is 1. The maximum absolute atomic E-state index is 13.0. The number of allylic oxidation sites excluding steroid dienone is 19. The second-order valence-corrected chi connectivity index (χ2v) is 21.0. The van der Waals surface area contributed by atoms with Gasteiger partial charge in [-0.15, -0.1) is 0 Å². The van der Waals surface area contributed by atoms with E-state index in [1.54, 1.807) is 6.08 Å². The molecule has 0 aliphatic heterocycles. The molecular formula is C61H106N2O6P+. The number of amides is 1. The van der Waals surface area contributed by atoms with Gasteiger partial charge in [-0.1, -0.05) is 219 Å². The molecule has 0 rings (SSSR count). The van der Waals surface area contributed by atoms with Gasteiger partial charge in [-0.05, 0) is 103 Å². The molecule has 0 saturated heterocycles. The normalized spacial score (nSPS) is 14.9. The third kappa shape index (κ3) is 52.7. The lowest BCUT2D eigenvalue weighted by atomic mass is 10.0. The van der Waals surface area contributed by atoms with E-state index in [4.69, 9.17) is 9.05 Å². The van der Waals surface area contributed by atoms with E-state index < -0.39 is 20.0 Å². The number of aliphatic hydroxyl groups is 1. The number of hydrogen-bond donors (Lipinski definition) is 3. The number of carbonyl (C=O) groups is 1. The lowest BCUT2D eigenvalue weighted by Gasteiger charge is -2.25. The summed E-state index contributed by atoms with van der Waals surface area (Å²) < 4.78 is 23.6. The van der Waals surface area contributed by atoms with Crippen LogP contribution in [0.4, 0.5) is 0 Å². The molecule has 0 aliphatic carbocycles. The van der Waals surface area contributed by atoms with Crippen molar-refractivity contribution in [1.29, 1.82) is 0 Å². The quantitative estimate of drug-likeness (QED) is 0.0243. The standard InChI is InChI=1S/C61H105N2O6P/c1-6-8-10-12-14-16-18-20-22-23-24-25-26-27-28-29-30-31-32-33-34-35-36-37-38-39-41-43-45-47-49-51-53-55-61(65)62-59(58-69-70(66,67)68-57-56-63(3,4)5)60(64)54-52-50-48-46-44-42-40-21-19-17-15-13-11-9-7-2/h8,10,14,16,19-22,24-25,27-28,30-31,33-34,44,46,52,54,59-60,64H,6-7,9,11-13,15,17-18,23,26,29,32,35-43,45,47-51,53,55-58H2,1-5H3,(H-,62,65,66,67)/p+1/b10-8-,16-14-,21-19+,22-20-,25-24-,28-27-,31-30-,34-33-,46-44+,54-52+. The molecule has 70 heavy (non-hydrogen) atoms. The molecule has 0 heterocycles. The number of phosphoric ester groups is 1. The van der Waals surface area contributed by atoms with Gasteiger partial charge in [-0.2, -0.15) is 0 Å². The highest BCUT2D eigenvalue weighted by atomic mass is 31.2. The third-order valence-electron chi connectivity index (χ3n) is 11.6. The molecular weight excluding hydrogens is 888 g/mol. The summed E-state index contributed by atoms with van der Waals surface area (Å²) in [5, 5.41) is 13.9. The highest BCUT2D eigenvalue weighted by molar-refractivity contribution is 7.47. The van der Waals surface area contributed by atoms with Crippen LogP contribution in [-0.2, 0) is 18.4 Å². The molecule has 0 aromatic rings. The van der Waals surface area contributed by atoms with Crippen molar-refractivity contribution in [2.24, 2.45) is 0 Å². The van der Waals surface area contributed by atoms with Crippen molar-refractivity contribution in [2.45, 2.75) is 219 Å². The second-order valence-electron chi connectivity index (χ2n) is 19.6. The fourth-order valence-electron chi connectivity index (χ4n) is 7.29. The molecule has 0 aliphatic rings. The Morgan fingerprint density at radius 3 is 1.31 bits per heavy atom. The van der Waals surface area contributed by atoms with Gasteiger partial charge in [0.25, 0.3) is 0 Å². The van der Waals surface area contributed by atoms with Gasteiger partial charge in [0.05, 0.1) is 39.9 Å². The van der Waals surface area contributed by atoms with Crippen LogP contribution in [-0.4, -0.2) is 73.4 Å². The number of hydrogen-bond acceptors (Lipinski definition) is 5. The summed E-state index contributed by atoms with van der Waals surface area (Å²) in [6, 6.07) is -0.879. The van der Waals surface area contributed by atoms with Crippen molar-refractivity contribution in [1.82, 2.24) is 5.32 Å². The van der Waals surface area contributed by atoms with E-state index in [1.807, 2.05) is 27.2 Å². The highest BCUT2D eigenvalue weighted by Gasteiger charge is 2.27. The fraction of sp³-hybridized carbons (Fsp3) is 0.656. The SMILES string of the molecule is CC/C=C\C/C=C\C/C=C\C/C=C\C/C=C\C/C=C\C/C=C\CCCCCCCCCCCCCC(=O)NC(COP(=O)(O)OCC[N+](C)(C)C)C(O)/C=C/CC/C=C/CC/C=C/CCCCCCC. The molecule has 3 atom stereocenters. The minimum Gasteiger partial charge on any atom is -0.387 e. The first kappa shape index (κ1) is 66.9. The summed E-state index contributed by atoms with van der Waals surface area (Å²) in [6.45, 7) is 4.64. The number of carbonyl (C=O) groups excluding carboxylic acids is 1. The predicted molar refractivity (Wildman–Crippen MR) is 304 cm³/mol. The van der Waals surface area contributed by atoms with E-state index >= 15 is 0 Å². The summed E-state index contributed by atoms with van der Waals surface area (Å²) in [6.07, 6.45) is 75.8. The first-order valence-corrected chi connectivity index (χ1v) is 29.4. The molecule has 0 bridgehead atoms. The van der Waals surface area contributed by atoms with E-state index in [0.717, 1.165) is 89.9 Å². The topological polar surface area (TPSA) is 105 Å². The smallest absolute Gasteiger partial charge is 0.387 e. The van der Waals surface area contributed by atoms with Gasteiger partial charge in [0.1, 0.15) is 13.2 Å². The van der Waals surface area contributed by atoms with E-state index in [2.05, 4.69) is 129 Å². The summed E-state index contributed by atoms with van der Waals surface area (Å²) in [4.78, 5) is 23.2. The molecule has 3 N–H and O–H groups in total. The monoisotopic (exact) mass is 994 g/mol. The van der Waals surface area contributed by atoms with Crippen molar-refractivity contribution in [3.8, 4) is 0 Å². The Morgan fingerprint density at radius 1 is 0.500 bits per heavy atom. The minimum atomic E-state index is -4.36. The predicted octanol–water partition coefficient (Wildman–Crippen LogP) is 17.0. The number of rotatable bonds is 49.